The second-order valence-electron chi connectivity index (χ2n) is 4.61. The summed E-state index contributed by atoms with van der Waals surface area (Å²) in [6.45, 7) is 2.19. The first-order valence-electron chi connectivity index (χ1n) is 7.05. The van der Waals surface area contributed by atoms with Crippen molar-refractivity contribution in [1.29, 1.82) is 5.41 Å². The number of carbonyl (C=O) groups excluding carboxylic acids is 1. The van der Waals surface area contributed by atoms with Gasteiger partial charge in [0.1, 0.15) is 5.75 Å². The van der Waals surface area contributed by atoms with Gasteiger partial charge in [0.25, 0.3) is 6.43 Å². The number of esters is 1. The van der Waals surface area contributed by atoms with E-state index in [9.17, 15) is 13.6 Å². The predicted octanol–water partition coefficient (Wildman–Crippen LogP) is 2.91. The number of carbonyl (C=O) groups is 1. The van der Waals surface area contributed by atoms with Gasteiger partial charge in [-0.05, 0) is 30.7 Å². The van der Waals surface area contributed by atoms with Gasteiger partial charge in [-0.2, -0.15) is 0 Å². The monoisotopic (exact) mass is 326 g/mol. The number of allylic oxidation sites excluding steroid dienone is 1. The fourth-order valence-corrected chi connectivity index (χ4v) is 1.74. The lowest BCUT2D eigenvalue weighted by Crippen LogP contribution is -2.19. The van der Waals surface area contributed by atoms with Crippen molar-refractivity contribution in [3.8, 4) is 5.75 Å². The summed E-state index contributed by atoms with van der Waals surface area (Å²) < 4.78 is 34.8. The van der Waals surface area contributed by atoms with Gasteiger partial charge in [0.2, 0.25) is 0 Å². The number of nitrogens with one attached hydrogen (secondary N) is 2. The van der Waals surface area contributed by atoms with Crippen LogP contribution in [0, 0.1) is 5.41 Å². The topological polar surface area (TPSA) is 71.4 Å². The third-order valence-corrected chi connectivity index (χ3v) is 2.88. The molecule has 0 aliphatic heterocycles. The van der Waals surface area contributed by atoms with E-state index in [4.69, 9.17) is 14.9 Å². The molecule has 1 aromatic rings. The van der Waals surface area contributed by atoms with Crippen LogP contribution in [0.2, 0.25) is 0 Å². The quantitative estimate of drug-likeness (QED) is 0.541. The smallest absolute Gasteiger partial charge is 0.311 e. The molecule has 0 aromatic heterocycles. The van der Waals surface area contributed by atoms with Gasteiger partial charge >= 0.3 is 5.97 Å². The first kappa shape index (κ1) is 18.6. The lowest BCUT2D eigenvalue weighted by Gasteiger charge is -2.12. The Morgan fingerprint density at radius 3 is 2.52 bits per heavy atom. The van der Waals surface area contributed by atoms with Crippen LogP contribution in [0.4, 0.5) is 8.78 Å². The molecule has 0 spiro atoms. The van der Waals surface area contributed by atoms with Gasteiger partial charge in [-0.25, -0.2) is 8.78 Å². The molecule has 0 saturated carbocycles. The summed E-state index contributed by atoms with van der Waals surface area (Å²) in [6.07, 6.45) is -2.13. The number of methoxy groups -OCH3 is 1. The van der Waals surface area contributed by atoms with E-state index in [1.54, 1.807) is 26.2 Å². The minimum Gasteiger partial charge on any atom is -0.497 e. The van der Waals surface area contributed by atoms with Gasteiger partial charge in [0.05, 0.1) is 25.8 Å². The summed E-state index contributed by atoms with van der Waals surface area (Å²) in [5.41, 5.74) is 0.236. The zero-order chi connectivity index (χ0) is 17.2. The first-order chi connectivity index (χ1) is 11.0. The summed E-state index contributed by atoms with van der Waals surface area (Å²) in [6, 6.07) is 7.17. The number of benzene rings is 1. The maximum atomic E-state index is 12.5. The van der Waals surface area contributed by atoms with Crippen molar-refractivity contribution in [3.63, 3.8) is 0 Å². The average Bonchev–Trinajstić information content (AvgIpc) is 2.53. The second-order valence-corrected chi connectivity index (χ2v) is 4.61. The fourth-order valence-electron chi connectivity index (χ4n) is 1.74. The molecule has 1 aromatic carbocycles. The highest BCUT2D eigenvalue weighted by molar-refractivity contribution is 5.95. The van der Waals surface area contributed by atoms with E-state index < -0.39 is 18.1 Å². The largest absolute Gasteiger partial charge is 0.497 e. The lowest BCUT2D eigenvalue weighted by atomic mass is 10.2. The summed E-state index contributed by atoms with van der Waals surface area (Å²) in [5.74, 6) is 0.165. The molecule has 0 saturated heterocycles. The van der Waals surface area contributed by atoms with Gasteiger partial charge in [0.15, 0.2) is 0 Å². The van der Waals surface area contributed by atoms with Crippen molar-refractivity contribution in [2.75, 3.05) is 13.7 Å². The molecule has 23 heavy (non-hydrogen) atoms. The fraction of sp³-hybridized carbons (Fsp3) is 0.375. The summed E-state index contributed by atoms with van der Waals surface area (Å²) in [5, 5.41) is 10.1. The lowest BCUT2D eigenvalue weighted by molar-refractivity contribution is -0.142. The molecule has 0 unspecified atom stereocenters. The molecular weight excluding hydrogens is 306 g/mol. The molecule has 0 heterocycles. The summed E-state index contributed by atoms with van der Waals surface area (Å²) in [7, 11) is 1.56. The van der Waals surface area contributed by atoms with Crippen LogP contribution >= 0.6 is 0 Å². The van der Waals surface area contributed by atoms with Crippen LogP contribution in [0.1, 0.15) is 18.9 Å². The van der Waals surface area contributed by atoms with Gasteiger partial charge < -0.3 is 14.8 Å². The summed E-state index contributed by atoms with van der Waals surface area (Å²) >= 11 is 0. The van der Waals surface area contributed by atoms with Crippen molar-refractivity contribution in [3.05, 3.63) is 41.6 Å². The van der Waals surface area contributed by atoms with Crippen LogP contribution in [0.5, 0.6) is 5.75 Å². The number of alkyl halides is 2. The van der Waals surface area contributed by atoms with Crippen LogP contribution in [0.25, 0.3) is 0 Å². The SMILES string of the molecule is CCOC(=O)C/C(=C/C(=N)C(F)F)NCc1ccc(OC)cc1. The van der Waals surface area contributed by atoms with Crippen LogP contribution < -0.4 is 10.1 Å². The van der Waals surface area contributed by atoms with E-state index in [2.05, 4.69) is 5.32 Å². The Morgan fingerprint density at radius 1 is 1.35 bits per heavy atom. The maximum absolute atomic E-state index is 12.5. The zero-order valence-corrected chi connectivity index (χ0v) is 13.1. The van der Waals surface area contributed by atoms with Crippen molar-refractivity contribution >= 4 is 11.7 Å². The highest BCUT2D eigenvalue weighted by Crippen LogP contribution is 2.12. The molecule has 0 atom stereocenters. The van der Waals surface area contributed by atoms with E-state index in [-0.39, 0.29) is 18.7 Å². The molecule has 0 aliphatic rings. The Kier molecular flexibility index (Phi) is 7.73. The predicted molar refractivity (Wildman–Crippen MR) is 82.9 cm³/mol. The van der Waals surface area contributed by atoms with Crippen LogP contribution in [0.15, 0.2) is 36.0 Å². The third kappa shape index (κ3) is 6.90. The highest BCUT2D eigenvalue weighted by Gasteiger charge is 2.12. The van der Waals surface area contributed by atoms with Crippen molar-refractivity contribution in [2.24, 2.45) is 0 Å². The standard InChI is InChI=1S/C16H20F2N2O3/c1-3-23-15(21)9-12(8-14(19)16(17)18)20-10-11-4-6-13(22-2)7-5-11/h4-8,16,19-20H,3,9-10H2,1-2H3/b12-8-,19-14?. The minimum absolute atomic E-state index is 0.195. The van der Waals surface area contributed by atoms with Crippen LogP contribution in [0.3, 0.4) is 0 Å². The maximum Gasteiger partial charge on any atom is 0.311 e. The van der Waals surface area contributed by atoms with E-state index >= 15 is 0 Å². The van der Waals surface area contributed by atoms with Gasteiger partial charge in [-0.15, -0.1) is 0 Å². The summed E-state index contributed by atoms with van der Waals surface area (Å²) in [4.78, 5) is 11.5. The van der Waals surface area contributed by atoms with Crippen LogP contribution in [-0.4, -0.2) is 31.8 Å². The number of halogens is 2. The van der Waals surface area contributed by atoms with Gasteiger partial charge in [-0.1, -0.05) is 12.1 Å². The van der Waals surface area contributed by atoms with Gasteiger partial charge in [-0.3, -0.25) is 10.2 Å². The molecule has 126 valence electrons. The van der Waals surface area contributed by atoms with Crippen LogP contribution in [-0.2, 0) is 16.1 Å². The Morgan fingerprint density at radius 2 is 2.00 bits per heavy atom. The molecule has 0 fully saturated rings. The Hall–Kier alpha value is -2.44. The normalized spacial score (nSPS) is 11.3. The first-order valence-corrected chi connectivity index (χ1v) is 7.05. The molecule has 7 heteroatoms. The van der Waals surface area contributed by atoms with Crippen molar-refractivity contribution in [1.82, 2.24) is 5.32 Å². The number of rotatable bonds is 9. The number of hydrogen-bond acceptors (Lipinski definition) is 5. The minimum atomic E-state index is -2.89. The molecule has 1 rings (SSSR count). The van der Waals surface area contributed by atoms with E-state index in [1.807, 2.05) is 12.1 Å². The van der Waals surface area contributed by atoms with Gasteiger partial charge in [0, 0.05) is 12.2 Å². The van der Waals surface area contributed by atoms with E-state index in [0.29, 0.717) is 12.3 Å². The second kappa shape index (κ2) is 9.55. The number of hydrogen-bond donors (Lipinski definition) is 2. The molecule has 5 nitrogen and oxygen atoms in total. The van der Waals surface area contributed by atoms with Crippen molar-refractivity contribution in [2.45, 2.75) is 26.3 Å². The highest BCUT2D eigenvalue weighted by atomic mass is 19.3. The number of ether oxygens (including phenoxy) is 2. The molecule has 0 aliphatic carbocycles. The Balaban J connectivity index is 2.74. The molecule has 0 bridgehead atoms. The van der Waals surface area contributed by atoms with E-state index in [1.165, 1.54) is 0 Å². The van der Waals surface area contributed by atoms with Crippen molar-refractivity contribution < 1.29 is 23.0 Å². The third-order valence-electron chi connectivity index (χ3n) is 2.88. The Bertz CT molecular complexity index is 557. The Labute approximate surface area is 133 Å². The molecule has 2 N–H and O–H groups in total. The molecule has 0 radical (unpaired) electrons. The zero-order valence-electron chi connectivity index (χ0n) is 13.1. The average molecular weight is 326 g/mol. The van der Waals surface area contributed by atoms with E-state index in [0.717, 1.165) is 11.6 Å². The molecular formula is C16H20F2N2O3. The molecule has 0 amide bonds.